The quantitative estimate of drug-likeness (QED) is 0.818. The van der Waals surface area contributed by atoms with Crippen LogP contribution in [0.2, 0.25) is 0 Å². The van der Waals surface area contributed by atoms with Gasteiger partial charge in [0, 0.05) is 0 Å². The summed E-state index contributed by atoms with van der Waals surface area (Å²) in [5.41, 5.74) is 1.92. The Bertz CT molecular complexity index is 546. The fourth-order valence-corrected chi connectivity index (χ4v) is 1.71. The monoisotopic (exact) mass is 240 g/mol. The minimum absolute atomic E-state index is 0.661. The molecule has 0 aliphatic carbocycles. The second-order valence-corrected chi connectivity index (χ2v) is 4.17. The summed E-state index contributed by atoms with van der Waals surface area (Å²) >= 11 is 0. The molecule has 2 aromatic carbocycles. The highest BCUT2D eigenvalue weighted by atomic mass is 16.5. The van der Waals surface area contributed by atoms with Gasteiger partial charge in [0.05, 0.1) is 6.10 Å². The Kier molecular flexibility index (Phi) is 3.80. The normalized spacial score (nSPS) is 11.9. The van der Waals surface area contributed by atoms with Crippen LogP contribution in [0.15, 0.2) is 61.2 Å². The third-order valence-electron chi connectivity index (χ3n) is 2.65. The van der Waals surface area contributed by atoms with Crippen molar-refractivity contribution in [1.82, 2.24) is 0 Å². The standard InChI is InChI=1S/C16H16O2/c1-3-16(17)13-7-5-9-15(11-13)18-14-8-4-6-12(2)10-14/h3-11,16-17H,1H2,2H3. The summed E-state index contributed by atoms with van der Waals surface area (Å²) in [6.45, 7) is 5.59. The third-order valence-corrected chi connectivity index (χ3v) is 2.65. The Labute approximate surface area is 107 Å². The molecule has 2 rings (SSSR count). The number of benzene rings is 2. The molecule has 18 heavy (non-hydrogen) atoms. The summed E-state index contributed by atoms with van der Waals surface area (Å²) in [5, 5.41) is 9.69. The first-order valence-electron chi connectivity index (χ1n) is 5.84. The highest BCUT2D eigenvalue weighted by Gasteiger charge is 2.04. The maximum atomic E-state index is 9.69. The van der Waals surface area contributed by atoms with Crippen molar-refractivity contribution in [2.45, 2.75) is 13.0 Å². The van der Waals surface area contributed by atoms with Crippen LogP contribution >= 0.6 is 0 Å². The SMILES string of the molecule is C=CC(O)c1cccc(Oc2cccc(C)c2)c1. The molecule has 0 amide bonds. The van der Waals surface area contributed by atoms with Gasteiger partial charge in [0.1, 0.15) is 11.5 Å². The minimum atomic E-state index is -0.661. The van der Waals surface area contributed by atoms with E-state index in [0.29, 0.717) is 5.75 Å². The molecule has 2 aromatic rings. The lowest BCUT2D eigenvalue weighted by molar-refractivity contribution is 0.228. The molecule has 0 bridgehead atoms. The zero-order chi connectivity index (χ0) is 13.0. The Morgan fingerprint density at radius 3 is 2.44 bits per heavy atom. The molecule has 0 fully saturated rings. The van der Waals surface area contributed by atoms with Crippen molar-refractivity contribution in [2.24, 2.45) is 0 Å². The molecule has 2 nitrogen and oxygen atoms in total. The van der Waals surface area contributed by atoms with E-state index in [4.69, 9.17) is 4.74 Å². The van der Waals surface area contributed by atoms with Gasteiger partial charge in [-0.1, -0.05) is 30.3 Å². The highest BCUT2D eigenvalue weighted by molar-refractivity contribution is 5.36. The topological polar surface area (TPSA) is 29.5 Å². The van der Waals surface area contributed by atoms with Gasteiger partial charge >= 0.3 is 0 Å². The molecule has 0 spiro atoms. The number of aryl methyl sites for hydroxylation is 1. The molecule has 2 heteroatoms. The van der Waals surface area contributed by atoms with E-state index in [9.17, 15) is 5.11 Å². The summed E-state index contributed by atoms with van der Waals surface area (Å²) < 4.78 is 5.75. The Balaban J connectivity index is 2.21. The largest absolute Gasteiger partial charge is 0.457 e. The summed E-state index contributed by atoms with van der Waals surface area (Å²) in [6, 6.07) is 15.2. The van der Waals surface area contributed by atoms with Crippen LogP contribution in [0.1, 0.15) is 17.2 Å². The van der Waals surface area contributed by atoms with Crippen LogP contribution in [0.4, 0.5) is 0 Å². The Hall–Kier alpha value is -2.06. The predicted molar refractivity (Wildman–Crippen MR) is 72.9 cm³/mol. The van der Waals surface area contributed by atoms with Gasteiger partial charge in [-0.25, -0.2) is 0 Å². The van der Waals surface area contributed by atoms with Crippen LogP contribution in [0.3, 0.4) is 0 Å². The molecule has 0 heterocycles. The number of rotatable bonds is 4. The molecule has 1 unspecified atom stereocenters. The molecular weight excluding hydrogens is 224 g/mol. The molecule has 0 aliphatic heterocycles. The van der Waals surface area contributed by atoms with E-state index >= 15 is 0 Å². The minimum Gasteiger partial charge on any atom is -0.457 e. The molecule has 0 aromatic heterocycles. The predicted octanol–water partition coefficient (Wildman–Crippen LogP) is 4.01. The lowest BCUT2D eigenvalue weighted by atomic mass is 10.1. The Morgan fingerprint density at radius 2 is 1.78 bits per heavy atom. The summed E-state index contributed by atoms with van der Waals surface area (Å²) in [6.07, 6.45) is 0.831. The van der Waals surface area contributed by atoms with Crippen molar-refractivity contribution in [3.05, 3.63) is 72.3 Å². The molecular formula is C16H16O2. The first-order chi connectivity index (χ1) is 8.69. The first-order valence-corrected chi connectivity index (χ1v) is 5.84. The van der Waals surface area contributed by atoms with Crippen molar-refractivity contribution >= 4 is 0 Å². The van der Waals surface area contributed by atoms with E-state index in [1.807, 2.05) is 55.5 Å². The van der Waals surface area contributed by atoms with E-state index in [-0.39, 0.29) is 0 Å². The van der Waals surface area contributed by atoms with Crippen molar-refractivity contribution in [3.63, 3.8) is 0 Å². The van der Waals surface area contributed by atoms with Crippen LogP contribution in [0.5, 0.6) is 11.5 Å². The number of aliphatic hydroxyl groups excluding tert-OH is 1. The average Bonchev–Trinajstić information content (AvgIpc) is 2.38. The van der Waals surface area contributed by atoms with Gasteiger partial charge in [0.15, 0.2) is 0 Å². The van der Waals surface area contributed by atoms with Crippen LogP contribution in [0.25, 0.3) is 0 Å². The highest BCUT2D eigenvalue weighted by Crippen LogP contribution is 2.25. The van der Waals surface area contributed by atoms with Gasteiger partial charge in [-0.05, 0) is 42.3 Å². The third kappa shape index (κ3) is 2.99. The number of ether oxygens (including phenoxy) is 1. The van der Waals surface area contributed by atoms with Crippen molar-refractivity contribution in [2.75, 3.05) is 0 Å². The van der Waals surface area contributed by atoms with Crippen molar-refractivity contribution in [3.8, 4) is 11.5 Å². The van der Waals surface area contributed by atoms with Gasteiger partial charge in [-0.2, -0.15) is 0 Å². The van der Waals surface area contributed by atoms with Gasteiger partial charge in [-0.15, -0.1) is 6.58 Å². The molecule has 92 valence electrons. The average molecular weight is 240 g/mol. The van der Waals surface area contributed by atoms with Gasteiger partial charge in [-0.3, -0.25) is 0 Å². The second-order valence-electron chi connectivity index (χ2n) is 4.17. The number of hydrogen-bond donors (Lipinski definition) is 1. The maximum absolute atomic E-state index is 9.69. The molecule has 1 atom stereocenters. The van der Waals surface area contributed by atoms with Crippen molar-refractivity contribution in [1.29, 1.82) is 0 Å². The molecule has 0 aliphatic rings. The molecule has 1 N–H and O–H groups in total. The summed E-state index contributed by atoms with van der Waals surface area (Å²) in [5.74, 6) is 1.50. The van der Waals surface area contributed by atoms with E-state index in [2.05, 4.69) is 6.58 Å². The Morgan fingerprint density at radius 1 is 1.11 bits per heavy atom. The summed E-state index contributed by atoms with van der Waals surface area (Å²) in [7, 11) is 0. The van der Waals surface area contributed by atoms with E-state index in [1.54, 1.807) is 0 Å². The van der Waals surface area contributed by atoms with E-state index < -0.39 is 6.10 Å². The number of aliphatic hydroxyl groups is 1. The zero-order valence-corrected chi connectivity index (χ0v) is 10.3. The zero-order valence-electron chi connectivity index (χ0n) is 10.3. The van der Waals surface area contributed by atoms with Gasteiger partial charge < -0.3 is 9.84 Å². The molecule has 0 radical (unpaired) electrons. The fourth-order valence-electron chi connectivity index (χ4n) is 1.71. The van der Waals surface area contributed by atoms with Gasteiger partial charge in [0.25, 0.3) is 0 Å². The van der Waals surface area contributed by atoms with Crippen LogP contribution in [-0.4, -0.2) is 5.11 Å². The van der Waals surface area contributed by atoms with Gasteiger partial charge in [0.2, 0.25) is 0 Å². The lowest BCUT2D eigenvalue weighted by Crippen LogP contribution is -1.93. The van der Waals surface area contributed by atoms with Crippen LogP contribution in [-0.2, 0) is 0 Å². The molecule has 0 saturated heterocycles. The van der Waals surface area contributed by atoms with E-state index in [0.717, 1.165) is 16.9 Å². The maximum Gasteiger partial charge on any atom is 0.127 e. The first kappa shape index (κ1) is 12.4. The smallest absolute Gasteiger partial charge is 0.127 e. The van der Waals surface area contributed by atoms with Crippen molar-refractivity contribution < 1.29 is 9.84 Å². The van der Waals surface area contributed by atoms with Crippen LogP contribution < -0.4 is 4.74 Å². The van der Waals surface area contributed by atoms with E-state index in [1.165, 1.54) is 6.08 Å². The van der Waals surface area contributed by atoms with Crippen LogP contribution in [0, 0.1) is 6.92 Å². The fraction of sp³-hybridized carbons (Fsp3) is 0.125. The number of hydrogen-bond acceptors (Lipinski definition) is 2. The second kappa shape index (κ2) is 5.52. The summed E-state index contributed by atoms with van der Waals surface area (Å²) in [4.78, 5) is 0. The molecule has 0 saturated carbocycles. The lowest BCUT2D eigenvalue weighted by Gasteiger charge is -2.10.